The molecule has 0 fully saturated rings. The van der Waals surface area contributed by atoms with Crippen molar-refractivity contribution in [3.63, 3.8) is 0 Å². The number of fused-ring (bicyclic) bond motifs is 2. The van der Waals surface area contributed by atoms with Gasteiger partial charge in [-0.2, -0.15) is 4.89 Å². The second-order valence-corrected chi connectivity index (χ2v) is 5.70. The average molecular weight is 312 g/mol. The summed E-state index contributed by atoms with van der Waals surface area (Å²) in [6, 6.07) is 13.2. The van der Waals surface area contributed by atoms with Gasteiger partial charge in [0.1, 0.15) is 0 Å². The minimum Gasteiger partial charge on any atom is -0.421 e. The second-order valence-electron chi connectivity index (χ2n) is 5.70. The van der Waals surface area contributed by atoms with Crippen LogP contribution in [0, 0.1) is 5.92 Å². The van der Waals surface area contributed by atoms with Crippen molar-refractivity contribution in [3.05, 3.63) is 70.8 Å². The number of rotatable bonds is 3. The average Bonchev–Trinajstić information content (AvgIpc) is 2.58. The van der Waals surface area contributed by atoms with Crippen LogP contribution in [0.1, 0.15) is 40.9 Å². The number of ether oxygens (including phenoxy) is 1. The molecule has 0 amide bonds. The van der Waals surface area contributed by atoms with Gasteiger partial charge in [0.25, 0.3) is 5.79 Å². The molecule has 0 aliphatic heterocycles. The Labute approximate surface area is 133 Å². The van der Waals surface area contributed by atoms with E-state index in [1.165, 1.54) is 0 Å². The van der Waals surface area contributed by atoms with Crippen molar-refractivity contribution in [1.29, 1.82) is 0 Å². The number of carbonyl (C=O) groups excluding carboxylic acids is 2. The molecule has 0 heterocycles. The number of hydrogen-bond donors (Lipinski definition) is 1. The summed E-state index contributed by atoms with van der Waals surface area (Å²) < 4.78 is 5.53. The lowest BCUT2D eigenvalue weighted by molar-refractivity contribution is -0.385. The van der Waals surface area contributed by atoms with Gasteiger partial charge in [-0.05, 0) is 0 Å². The lowest BCUT2D eigenvalue weighted by atomic mass is 9.80. The van der Waals surface area contributed by atoms with Crippen LogP contribution in [-0.4, -0.2) is 17.0 Å². The third kappa shape index (κ3) is 2.25. The molecule has 1 aliphatic rings. The van der Waals surface area contributed by atoms with E-state index >= 15 is 0 Å². The third-order valence-corrected chi connectivity index (χ3v) is 3.90. The summed E-state index contributed by atoms with van der Waals surface area (Å²) in [7, 11) is 0. The quantitative estimate of drug-likeness (QED) is 0.408. The molecule has 1 aliphatic carbocycles. The Morgan fingerprint density at radius 2 is 1.48 bits per heavy atom. The van der Waals surface area contributed by atoms with E-state index in [0.717, 1.165) is 0 Å². The molecule has 0 bridgehead atoms. The molecule has 5 heteroatoms. The first-order valence-electron chi connectivity index (χ1n) is 7.30. The molecule has 0 radical (unpaired) electrons. The smallest absolute Gasteiger partial charge is 0.311 e. The molecular weight excluding hydrogens is 296 g/mol. The van der Waals surface area contributed by atoms with Crippen LogP contribution >= 0.6 is 0 Å². The summed E-state index contributed by atoms with van der Waals surface area (Å²) in [5.74, 6) is -3.01. The van der Waals surface area contributed by atoms with Crippen molar-refractivity contribution in [2.24, 2.45) is 5.92 Å². The van der Waals surface area contributed by atoms with Gasteiger partial charge in [-0.25, -0.2) is 5.26 Å². The molecule has 0 atom stereocenters. The highest BCUT2D eigenvalue weighted by molar-refractivity contribution is 6.13. The molecule has 0 spiro atoms. The molecule has 3 rings (SSSR count). The van der Waals surface area contributed by atoms with E-state index in [0.29, 0.717) is 22.3 Å². The van der Waals surface area contributed by atoms with E-state index in [9.17, 15) is 14.8 Å². The van der Waals surface area contributed by atoms with Crippen LogP contribution < -0.4 is 0 Å². The number of ketones is 1. The van der Waals surface area contributed by atoms with Gasteiger partial charge in [0.2, 0.25) is 0 Å². The van der Waals surface area contributed by atoms with E-state index in [1.807, 2.05) is 0 Å². The van der Waals surface area contributed by atoms with Crippen molar-refractivity contribution in [2.45, 2.75) is 19.6 Å². The highest BCUT2D eigenvalue weighted by Gasteiger charge is 2.49. The monoisotopic (exact) mass is 312 g/mol. The Balaban J connectivity index is 2.28. The Morgan fingerprint density at radius 3 is 1.91 bits per heavy atom. The molecule has 2 aromatic carbocycles. The predicted molar refractivity (Wildman–Crippen MR) is 81.7 cm³/mol. The summed E-state index contributed by atoms with van der Waals surface area (Å²) >= 11 is 0. The first kappa shape index (κ1) is 15.4. The molecule has 0 saturated heterocycles. The number of benzene rings is 2. The summed E-state index contributed by atoms with van der Waals surface area (Å²) in [5, 5.41) is 9.66. The SMILES string of the molecule is CC(C)C(=O)OC1(OO)c2ccccc2C(=O)c2ccccc21. The Bertz CT molecular complexity index is 729. The van der Waals surface area contributed by atoms with Gasteiger partial charge >= 0.3 is 5.97 Å². The lowest BCUT2D eigenvalue weighted by Crippen LogP contribution is -2.42. The fourth-order valence-corrected chi connectivity index (χ4v) is 2.71. The van der Waals surface area contributed by atoms with Gasteiger partial charge in [0.15, 0.2) is 5.78 Å². The van der Waals surface area contributed by atoms with E-state index in [2.05, 4.69) is 0 Å². The highest BCUT2D eigenvalue weighted by Crippen LogP contribution is 2.43. The molecular formula is C18H16O5. The van der Waals surface area contributed by atoms with Gasteiger partial charge in [-0.15, -0.1) is 0 Å². The van der Waals surface area contributed by atoms with Gasteiger partial charge < -0.3 is 4.74 Å². The molecule has 5 nitrogen and oxygen atoms in total. The van der Waals surface area contributed by atoms with Crippen LogP contribution in [0.2, 0.25) is 0 Å². The summed E-state index contributed by atoms with van der Waals surface area (Å²) in [5.41, 5.74) is 1.27. The summed E-state index contributed by atoms with van der Waals surface area (Å²) in [4.78, 5) is 29.5. The van der Waals surface area contributed by atoms with Crippen molar-refractivity contribution in [3.8, 4) is 0 Å². The largest absolute Gasteiger partial charge is 0.421 e. The summed E-state index contributed by atoms with van der Waals surface area (Å²) in [6.45, 7) is 3.36. The molecule has 23 heavy (non-hydrogen) atoms. The Morgan fingerprint density at radius 1 is 1.00 bits per heavy atom. The van der Waals surface area contributed by atoms with Gasteiger partial charge in [0.05, 0.1) is 5.92 Å². The maximum Gasteiger partial charge on any atom is 0.311 e. The molecule has 0 aromatic heterocycles. The summed E-state index contributed by atoms with van der Waals surface area (Å²) in [6.07, 6.45) is 0. The van der Waals surface area contributed by atoms with Crippen LogP contribution in [-0.2, 0) is 20.2 Å². The number of esters is 1. The van der Waals surface area contributed by atoms with Crippen LogP contribution in [0.15, 0.2) is 48.5 Å². The van der Waals surface area contributed by atoms with Crippen molar-refractivity contribution in [2.75, 3.05) is 0 Å². The number of carbonyl (C=O) groups is 2. The number of hydrogen-bond acceptors (Lipinski definition) is 5. The molecule has 118 valence electrons. The first-order valence-corrected chi connectivity index (χ1v) is 7.30. The zero-order valence-corrected chi connectivity index (χ0v) is 12.8. The van der Waals surface area contributed by atoms with Crippen molar-refractivity contribution >= 4 is 11.8 Å². The Kier molecular flexibility index (Phi) is 3.75. The van der Waals surface area contributed by atoms with Crippen LogP contribution in [0.25, 0.3) is 0 Å². The molecule has 0 unspecified atom stereocenters. The molecule has 2 aromatic rings. The van der Waals surface area contributed by atoms with E-state index < -0.39 is 17.7 Å². The topological polar surface area (TPSA) is 72.8 Å². The van der Waals surface area contributed by atoms with Crippen LogP contribution in [0.3, 0.4) is 0 Å². The second kappa shape index (κ2) is 5.61. The normalized spacial score (nSPS) is 15.0. The third-order valence-electron chi connectivity index (χ3n) is 3.90. The van der Waals surface area contributed by atoms with Crippen LogP contribution in [0.4, 0.5) is 0 Å². The van der Waals surface area contributed by atoms with E-state index in [1.54, 1.807) is 62.4 Å². The zero-order valence-electron chi connectivity index (χ0n) is 12.8. The molecule has 1 N–H and O–H groups in total. The highest BCUT2D eigenvalue weighted by atomic mass is 17.1. The predicted octanol–water partition coefficient (Wildman–Crippen LogP) is 3.12. The standard InChI is InChI=1S/C18H16O5/c1-11(2)17(20)22-18(23-21)14-9-5-3-7-12(14)16(19)13-8-4-6-10-15(13)18/h3-11,21H,1-2H3. The fraction of sp³-hybridized carbons (Fsp3) is 0.222. The van der Waals surface area contributed by atoms with E-state index in [-0.39, 0.29) is 5.78 Å². The molecule has 0 saturated carbocycles. The minimum absolute atomic E-state index is 0.204. The zero-order chi connectivity index (χ0) is 16.6. The van der Waals surface area contributed by atoms with Gasteiger partial charge in [0, 0.05) is 22.3 Å². The minimum atomic E-state index is -1.84. The van der Waals surface area contributed by atoms with Crippen molar-refractivity contribution < 1.29 is 24.5 Å². The Hall–Kier alpha value is -2.50. The first-order chi connectivity index (χ1) is 11.0. The van der Waals surface area contributed by atoms with Crippen molar-refractivity contribution in [1.82, 2.24) is 0 Å². The van der Waals surface area contributed by atoms with E-state index in [4.69, 9.17) is 9.62 Å². The maximum absolute atomic E-state index is 12.7. The lowest BCUT2D eigenvalue weighted by Gasteiger charge is -2.36. The fourth-order valence-electron chi connectivity index (χ4n) is 2.71. The van der Waals surface area contributed by atoms with Gasteiger partial charge in [-0.1, -0.05) is 62.4 Å². The van der Waals surface area contributed by atoms with Gasteiger partial charge in [-0.3, -0.25) is 9.59 Å². The van der Waals surface area contributed by atoms with Crippen LogP contribution in [0.5, 0.6) is 0 Å². The maximum atomic E-state index is 12.7.